The quantitative estimate of drug-likeness (QED) is 0.563. The molecule has 1 aliphatic heterocycles. The molecule has 2 aromatic rings. The first-order chi connectivity index (χ1) is 16.5. The van der Waals surface area contributed by atoms with Crippen LogP contribution in [-0.2, 0) is 4.74 Å². The fourth-order valence-electron chi connectivity index (χ4n) is 4.72. The molecule has 2 heterocycles. The van der Waals surface area contributed by atoms with E-state index in [0.717, 1.165) is 0 Å². The zero-order valence-corrected chi connectivity index (χ0v) is 21.0. The van der Waals surface area contributed by atoms with Gasteiger partial charge in [-0.2, -0.15) is 0 Å². The van der Waals surface area contributed by atoms with Crippen LogP contribution in [0, 0.1) is 25.3 Å². The van der Waals surface area contributed by atoms with Gasteiger partial charge in [0.2, 0.25) is 5.88 Å². The van der Waals surface area contributed by atoms with Gasteiger partial charge in [-0.15, -0.1) is 0 Å². The van der Waals surface area contributed by atoms with E-state index in [1.165, 1.54) is 6.33 Å². The number of likely N-dealkylation sites (tertiary alicyclic amines) is 1. The number of carbonyl (C=O) groups excluding carboxylic acids is 1. The summed E-state index contributed by atoms with van der Waals surface area (Å²) in [7, 11) is 0. The predicted octanol–water partition coefficient (Wildman–Crippen LogP) is 5.12. The zero-order chi connectivity index (χ0) is 25.3. The number of aliphatic hydroxyl groups excluding tert-OH is 1. The Morgan fingerprint density at radius 2 is 1.94 bits per heavy atom. The fourth-order valence-corrected chi connectivity index (χ4v) is 4.95. The fraction of sp³-hybridized carbons (Fsp3) is 0.520. The largest absolute Gasteiger partial charge is 0.473 e. The average molecular weight is 500 g/mol. The Kier molecular flexibility index (Phi) is 7.06. The van der Waals surface area contributed by atoms with Gasteiger partial charge in [0, 0.05) is 24.9 Å². The van der Waals surface area contributed by atoms with Gasteiger partial charge in [0.1, 0.15) is 23.9 Å². The summed E-state index contributed by atoms with van der Waals surface area (Å²) in [5.41, 5.74) is 1.22. The minimum Gasteiger partial charge on any atom is -0.473 e. The van der Waals surface area contributed by atoms with Gasteiger partial charge in [-0.3, -0.25) is 0 Å². The molecule has 2 fully saturated rings. The molecule has 1 aliphatic carbocycles. The SMILES string of the molecule is [C-]#[N+]c1ccc(Nc2ncnc(OC3C4CC(O)CC3CN(C(=O)OC(C)(C)C)C4)c2C)c(Cl)c1. The van der Waals surface area contributed by atoms with E-state index in [4.69, 9.17) is 27.6 Å². The van der Waals surface area contributed by atoms with Crippen molar-refractivity contribution in [3.8, 4) is 5.88 Å². The second-order valence-corrected chi connectivity index (χ2v) is 10.6. The summed E-state index contributed by atoms with van der Waals surface area (Å²) >= 11 is 6.32. The number of anilines is 2. The maximum atomic E-state index is 12.7. The molecular formula is C25H30ClN5O4. The molecule has 9 nitrogen and oxygen atoms in total. The Morgan fingerprint density at radius 1 is 1.26 bits per heavy atom. The number of aliphatic hydroxyl groups is 1. The molecule has 2 bridgehead atoms. The first-order valence-corrected chi connectivity index (χ1v) is 12.0. The number of piperidine rings is 1. The Labute approximate surface area is 210 Å². The van der Waals surface area contributed by atoms with E-state index < -0.39 is 11.7 Å². The molecule has 2 aliphatic rings. The predicted molar refractivity (Wildman–Crippen MR) is 132 cm³/mol. The second kappa shape index (κ2) is 9.88. The lowest BCUT2D eigenvalue weighted by molar-refractivity contribution is -0.0789. The lowest BCUT2D eigenvalue weighted by Crippen LogP contribution is -2.58. The number of hydrogen-bond donors (Lipinski definition) is 2. The van der Waals surface area contributed by atoms with Gasteiger partial charge in [-0.05, 0) is 52.7 Å². The molecule has 0 radical (unpaired) electrons. The Bertz CT molecular complexity index is 1130. The summed E-state index contributed by atoms with van der Waals surface area (Å²) < 4.78 is 12.0. The van der Waals surface area contributed by atoms with Crippen molar-refractivity contribution in [1.29, 1.82) is 0 Å². The maximum Gasteiger partial charge on any atom is 0.410 e. The molecule has 2 N–H and O–H groups in total. The summed E-state index contributed by atoms with van der Waals surface area (Å²) in [6.07, 6.45) is 1.55. The van der Waals surface area contributed by atoms with E-state index in [9.17, 15) is 9.90 Å². The number of fused-ring (bicyclic) bond motifs is 2. The van der Waals surface area contributed by atoms with Crippen molar-refractivity contribution in [3.05, 3.63) is 46.5 Å². The number of amides is 1. The monoisotopic (exact) mass is 499 g/mol. The number of aromatic nitrogens is 2. The van der Waals surface area contributed by atoms with Crippen LogP contribution in [0.3, 0.4) is 0 Å². The highest BCUT2D eigenvalue weighted by Gasteiger charge is 2.46. The summed E-state index contributed by atoms with van der Waals surface area (Å²) in [6.45, 7) is 15.4. The number of halogens is 1. The van der Waals surface area contributed by atoms with Gasteiger partial charge >= 0.3 is 6.09 Å². The van der Waals surface area contributed by atoms with E-state index in [0.29, 0.717) is 59.6 Å². The van der Waals surface area contributed by atoms with Crippen LogP contribution < -0.4 is 10.1 Å². The third-order valence-corrected chi connectivity index (χ3v) is 6.57. The first-order valence-electron chi connectivity index (χ1n) is 11.6. The highest BCUT2D eigenvalue weighted by atomic mass is 35.5. The van der Waals surface area contributed by atoms with Crippen LogP contribution in [-0.4, -0.2) is 57.0 Å². The van der Waals surface area contributed by atoms with Crippen molar-refractivity contribution in [3.63, 3.8) is 0 Å². The van der Waals surface area contributed by atoms with Crippen molar-refractivity contribution in [1.82, 2.24) is 14.9 Å². The van der Waals surface area contributed by atoms with Gasteiger partial charge in [-0.25, -0.2) is 19.6 Å². The van der Waals surface area contributed by atoms with E-state index in [2.05, 4.69) is 20.1 Å². The molecule has 1 aromatic heterocycles. The molecule has 1 saturated heterocycles. The van der Waals surface area contributed by atoms with Crippen LogP contribution in [0.4, 0.5) is 22.0 Å². The third kappa shape index (κ3) is 5.77. The summed E-state index contributed by atoms with van der Waals surface area (Å²) in [5, 5.41) is 14.0. The van der Waals surface area contributed by atoms with E-state index in [1.807, 2.05) is 27.7 Å². The molecule has 1 saturated carbocycles. The molecule has 35 heavy (non-hydrogen) atoms. The van der Waals surface area contributed by atoms with Crippen molar-refractivity contribution in [2.45, 2.75) is 58.3 Å². The number of hydrogen-bond acceptors (Lipinski definition) is 7. The van der Waals surface area contributed by atoms with Crippen LogP contribution in [0.1, 0.15) is 39.2 Å². The molecule has 4 rings (SSSR count). The lowest BCUT2D eigenvalue weighted by atomic mass is 9.74. The van der Waals surface area contributed by atoms with Crippen LogP contribution in [0.2, 0.25) is 5.02 Å². The van der Waals surface area contributed by atoms with E-state index >= 15 is 0 Å². The second-order valence-electron chi connectivity index (χ2n) is 10.2. The molecule has 2 unspecified atom stereocenters. The van der Waals surface area contributed by atoms with Gasteiger partial charge in [-0.1, -0.05) is 17.7 Å². The summed E-state index contributed by atoms with van der Waals surface area (Å²) in [5.74, 6) is 0.889. The molecule has 186 valence electrons. The Balaban J connectivity index is 1.51. The lowest BCUT2D eigenvalue weighted by Gasteiger charge is -2.48. The smallest absolute Gasteiger partial charge is 0.410 e. The topological polar surface area (TPSA) is 101 Å². The number of ether oxygens (including phenoxy) is 2. The van der Waals surface area contributed by atoms with E-state index in [-0.39, 0.29) is 24.0 Å². The third-order valence-electron chi connectivity index (χ3n) is 6.26. The number of rotatable bonds is 4. The first kappa shape index (κ1) is 25.0. The number of benzene rings is 1. The normalized spacial score (nSPS) is 23.9. The van der Waals surface area contributed by atoms with Crippen molar-refractivity contribution in [2.24, 2.45) is 11.8 Å². The maximum absolute atomic E-state index is 12.7. The van der Waals surface area contributed by atoms with Gasteiger partial charge in [0.15, 0.2) is 5.69 Å². The molecule has 2 atom stereocenters. The minimum absolute atomic E-state index is 0.0496. The van der Waals surface area contributed by atoms with Crippen LogP contribution in [0.15, 0.2) is 24.5 Å². The number of carbonyl (C=O) groups is 1. The molecular weight excluding hydrogens is 470 g/mol. The molecule has 1 amide bonds. The number of nitrogens with zero attached hydrogens (tertiary/aromatic N) is 4. The van der Waals surface area contributed by atoms with Crippen molar-refractivity contribution >= 4 is 34.9 Å². The van der Waals surface area contributed by atoms with Crippen LogP contribution in [0.5, 0.6) is 5.88 Å². The van der Waals surface area contributed by atoms with E-state index in [1.54, 1.807) is 23.1 Å². The molecule has 1 aromatic carbocycles. The number of nitrogens with one attached hydrogen (secondary N) is 1. The highest BCUT2D eigenvalue weighted by Crippen LogP contribution is 2.39. The zero-order valence-electron chi connectivity index (χ0n) is 20.3. The Hall–Kier alpha value is -3.09. The molecule has 10 heteroatoms. The van der Waals surface area contributed by atoms with Gasteiger partial charge in [0.25, 0.3) is 0 Å². The standard InChI is InChI=1S/C25H30ClN5O4/c1-14-22(30-20-7-6-17(27-5)10-19(20)26)28-13-29-23(14)34-21-15-8-18(32)9-16(21)12-31(11-15)24(33)35-25(2,3)4/h6-7,10,13,15-16,18,21,32H,8-9,11-12H2,1-4H3,(H,28,29,30). The summed E-state index contributed by atoms with van der Waals surface area (Å²) in [6, 6.07) is 5.01. The Morgan fingerprint density at radius 3 is 2.54 bits per heavy atom. The minimum atomic E-state index is -0.570. The van der Waals surface area contributed by atoms with Gasteiger partial charge < -0.3 is 24.8 Å². The highest BCUT2D eigenvalue weighted by molar-refractivity contribution is 6.33. The van der Waals surface area contributed by atoms with Crippen LogP contribution >= 0.6 is 11.6 Å². The van der Waals surface area contributed by atoms with Crippen molar-refractivity contribution in [2.75, 3.05) is 18.4 Å². The summed E-state index contributed by atoms with van der Waals surface area (Å²) in [4.78, 5) is 26.5. The average Bonchev–Trinajstić information content (AvgIpc) is 2.76. The van der Waals surface area contributed by atoms with Crippen molar-refractivity contribution < 1.29 is 19.4 Å². The molecule has 0 spiro atoms. The van der Waals surface area contributed by atoms with Crippen LogP contribution in [0.25, 0.3) is 4.85 Å². The van der Waals surface area contributed by atoms with Gasteiger partial charge in [0.05, 0.1) is 28.9 Å².